The minimum atomic E-state index is -0.853. The van der Waals surface area contributed by atoms with E-state index in [9.17, 15) is 14.7 Å². The lowest BCUT2D eigenvalue weighted by atomic mass is 9.85. The second-order valence-electron chi connectivity index (χ2n) is 11.6. The van der Waals surface area contributed by atoms with Crippen LogP contribution in [-0.4, -0.2) is 27.0 Å². The predicted octanol–water partition coefficient (Wildman–Crippen LogP) is 8.46. The number of carbonyl (C=O) groups is 2. The summed E-state index contributed by atoms with van der Waals surface area (Å²) >= 11 is 2.81. The molecular weight excluding hydrogens is 587 g/mol. The van der Waals surface area contributed by atoms with Crippen molar-refractivity contribution in [1.29, 1.82) is 0 Å². The van der Waals surface area contributed by atoms with Gasteiger partial charge in [-0.25, -0.2) is 0 Å². The molecule has 1 aliphatic rings. The Morgan fingerprint density at radius 2 is 1.64 bits per heavy atom. The average Bonchev–Trinajstić information content (AvgIpc) is 3.60. The molecule has 0 fully saturated rings. The predicted molar refractivity (Wildman–Crippen MR) is 179 cm³/mol. The fourth-order valence-corrected chi connectivity index (χ4v) is 7.15. The number of benzene rings is 4. The molecular formula is C36H31N3O3S2. The lowest BCUT2D eigenvalue weighted by molar-refractivity contribution is -0.117. The third-order valence-electron chi connectivity index (χ3n) is 7.63. The van der Waals surface area contributed by atoms with Crippen LogP contribution in [-0.2, 0) is 20.8 Å². The van der Waals surface area contributed by atoms with Crippen LogP contribution >= 0.6 is 23.1 Å². The minimum absolute atomic E-state index is 0.0193. The summed E-state index contributed by atoms with van der Waals surface area (Å²) in [5.74, 6) is -1.01. The van der Waals surface area contributed by atoms with Gasteiger partial charge in [-0.2, -0.15) is 0 Å². The maximum Gasteiger partial charge on any atom is 0.296 e. The van der Waals surface area contributed by atoms with Crippen molar-refractivity contribution in [2.45, 2.75) is 42.3 Å². The molecule has 1 aromatic heterocycles. The first-order valence-corrected chi connectivity index (χ1v) is 16.1. The third kappa shape index (κ3) is 5.96. The summed E-state index contributed by atoms with van der Waals surface area (Å²) < 4.78 is 0.686. The van der Waals surface area contributed by atoms with Crippen LogP contribution in [0.1, 0.15) is 49.1 Å². The zero-order valence-corrected chi connectivity index (χ0v) is 26.2. The van der Waals surface area contributed by atoms with Crippen molar-refractivity contribution in [3.8, 4) is 0 Å². The molecule has 1 aliphatic heterocycles. The second-order valence-corrected chi connectivity index (χ2v) is 13.8. The number of hydrogen-bond donors (Lipinski definition) is 1. The molecule has 0 bridgehead atoms. The van der Waals surface area contributed by atoms with Gasteiger partial charge in [0, 0.05) is 5.75 Å². The van der Waals surface area contributed by atoms with Gasteiger partial charge in [0.05, 0.1) is 11.6 Å². The zero-order chi connectivity index (χ0) is 30.8. The van der Waals surface area contributed by atoms with Crippen molar-refractivity contribution in [2.24, 2.45) is 0 Å². The fraction of sp³-hybridized carbons (Fsp3) is 0.167. The number of fused-ring (bicyclic) bond motifs is 1. The Balaban J connectivity index is 1.32. The van der Waals surface area contributed by atoms with Crippen LogP contribution in [0, 0.1) is 0 Å². The summed E-state index contributed by atoms with van der Waals surface area (Å²) in [5, 5.41) is 22.5. The van der Waals surface area contributed by atoms with Gasteiger partial charge in [-0.05, 0) is 44.5 Å². The van der Waals surface area contributed by atoms with Crippen LogP contribution in [0.4, 0.5) is 5.13 Å². The number of aliphatic hydroxyl groups excluding tert-OH is 1. The largest absolute Gasteiger partial charge is 0.503 e. The fourth-order valence-electron chi connectivity index (χ4n) is 5.28. The maximum absolute atomic E-state index is 13.6. The highest BCUT2D eigenvalue weighted by Gasteiger charge is 2.45. The summed E-state index contributed by atoms with van der Waals surface area (Å²) in [5.41, 5.74) is 3.78. The van der Waals surface area contributed by atoms with Crippen molar-refractivity contribution in [3.05, 3.63) is 137 Å². The number of amides is 1. The van der Waals surface area contributed by atoms with Crippen molar-refractivity contribution in [2.75, 3.05) is 4.90 Å². The van der Waals surface area contributed by atoms with E-state index in [1.165, 1.54) is 50.4 Å². The van der Waals surface area contributed by atoms with E-state index in [0.717, 1.165) is 11.1 Å². The smallest absolute Gasteiger partial charge is 0.296 e. The Labute approximate surface area is 264 Å². The normalized spacial score (nSPS) is 15.6. The number of aromatic nitrogens is 2. The third-order valence-corrected chi connectivity index (χ3v) is 9.73. The summed E-state index contributed by atoms with van der Waals surface area (Å²) in [6, 6.07) is 30.9. The molecule has 44 heavy (non-hydrogen) atoms. The van der Waals surface area contributed by atoms with Crippen LogP contribution < -0.4 is 4.90 Å². The van der Waals surface area contributed by atoms with Gasteiger partial charge in [-0.15, -0.1) is 10.2 Å². The number of rotatable bonds is 8. The molecule has 1 atom stereocenters. The van der Waals surface area contributed by atoms with Gasteiger partial charge >= 0.3 is 0 Å². The van der Waals surface area contributed by atoms with E-state index >= 15 is 0 Å². The van der Waals surface area contributed by atoms with E-state index in [4.69, 9.17) is 0 Å². The molecule has 0 spiro atoms. The van der Waals surface area contributed by atoms with Crippen molar-refractivity contribution in [1.82, 2.24) is 10.2 Å². The van der Waals surface area contributed by atoms with Crippen LogP contribution in [0.15, 0.2) is 119 Å². The first-order valence-electron chi connectivity index (χ1n) is 14.3. The molecule has 1 amide bonds. The van der Waals surface area contributed by atoms with Crippen LogP contribution in [0.2, 0.25) is 0 Å². The molecule has 2 heterocycles. The number of aliphatic hydroxyl groups is 1. The first kappa shape index (κ1) is 29.5. The van der Waals surface area contributed by atoms with Gasteiger partial charge in [0.2, 0.25) is 5.13 Å². The molecule has 0 saturated heterocycles. The number of nitrogens with zero attached hydrogens (tertiary/aromatic N) is 3. The first-order chi connectivity index (χ1) is 21.2. The lowest BCUT2D eigenvalue weighted by Crippen LogP contribution is -2.31. The molecule has 6 rings (SSSR count). The van der Waals surface area contributed by atoms with Crippen LogP contribution in [0.5, 0.6) is 0 Å². The Bertz CT molecular complexity index is 1900. The average molecular weight is 618 g/mol. The van der Waals surface area contributed by atoms with E-state index < -0.39 is 23.5 Å². The Hall–Kier alpha value is -4.53. The standard InChI is InChI=1S/C36H31N3O3S2/c1-36(2,3)27-19-17-25(18-20-27)31-30(29(40)21-16-23-10-5-4-6-11-23)32(41)33(42)39(31)34-37-38-35(44-34)43-22-26-14-9-13-24-12-7-8-15-28(24)26/h4-21,31,41H,22H2,1-3H3. The van der Waals surface area contributed by atoms with Crippen LogP contribution in [0.3, 0.4) is 0 Å². The molecule has 8 heteroatoms. The Kier molecular flexibility index (Phi) is 8.21. The summed E-state index contributed by atoms with van der Waals surface area (Å²) in [7, 11) is 0. The van der Waals surface area contributed by atoms with Crippen molar-refractivity contribution < 1.29 is 14.7 Å². The van der Waals surface area contributed by atoms with Gasteiger partial charge in [0.15, 0.2) is 15.9 Å². The van der Waals surface area contributed by atoms with Gasteiger partial charge < -0.3 is 5.11 Å². The van der Waals surface area contributed by atoms with Gasteiger partial charge in [-0.3, -0.25) is 14.5 Å². The number of anilines is 1. The molecule has 5 aromatic rings. The second kappa shape index (κ2) is 12.2. The molecule has 6 nitrogen and oxygen atoms in total. The quantitative estimate of drug-likeness (QED) is 0.107. The van der Waals surface area contributed by atoms with E-state index in [-0.39, 0.29) is 11.0 Å². The highest BCUT2D eigenvalue weighted by molar-refractivity contribution is 8.00. The number of thioether (sulfide) groups is 1. The number of carbonyl (C=O) groups excluding carboxylic acids is 2. The monoisotopic (exact) mass is 617 g/mol. The minimum Gasteiger partial charge on any atom is -0.503 e. The molecule has 4 aromatic carbocycles. The van der Waals surface area contributed by atoms with Crippen molar-refractivity contribution in [3.63, 3.8) is 0 Å². The molecule has 0 saturated carbocycles. The zero-order valence-electron chi connectivity index (χ0n) is 24.6. The Morgan fingerprint density at radius 1 is 0.932 bits per heavy atom. The maximum atomic E-state index is 13.6. The van der Waals surface area contributed by atoms with Crippen LogP contribution in [0.25, 0.3) is 16.8 Å². The molecule has 220 valence electrons. The number of ketones is 1. The van der Waals surface area contributed by atoms with E-state index in [1.807, 2.05) is 72.8 Å². The summed E-state index contributed by atoms with van der Waals surface area (Å²) in [6.45, 7) is 6.38. The number of allylic oxidation sites excluding steroid dienone is 1. The summed E-state index contributed by atoms with van der Waals surface area (Å²) in [6.07, 6.45) is 3.09. The highest BCUT2D eigenvalue weighted by Crippen LogP contribution is 2.44. The van der Waals surface area contributed by atoms with E-state index in [0.29, 0.717) is 20.8 Å². The molecule has 0 radical (unpaired) electrons. The SMILES string of the molecule is CC(C)(C)c1ccc(C2C(C(=O)C=Cc3ccccc3)=C(O)C(=O)N2c2nnc(SCc3cccc4ccccc34)s2)cc1. The van der Waals surface area contributed by atoms with Gasteiger partial charge in [0.1, 0.15) is 0 Å². The highest BCUT2D eigenvalue weighted by atomic mass is 32.2. The summed E-state index contributed by atoms with van der Waals surface area (Å²) in [4.78, 5) is 28.6. The topological polar surface area (TPSA) is 83.4 Å². The van der Waals surface area contributed by atoms with Crippen molar-refractivity contribution >= 4 is 56.8 Å². The number of hydrogen-bond acceptors (Lipinski definition) is 7. The molecule has 1 unspecified atom stereocenters. The van der Waals surface area contributed by atoms with Gasteiger partial charge in [-0.1, -0.05) is 147 Å². The van der Waals surface area contributed by atoms with Gasteiger partial charge in [0.25, 0.3) is 5.91 Å². The van der Waals surface area contributed by atoms with E-state index in [1.54, 1.807) is 6.08 Å². The Morgan fingerprint density at radius 3 is 2.39 bits per heavy atom. The van der Waals surface area contributed by atoms with E-state index in [2.05, 4.69) is 55.2 Å². The molecule has 0 aliphatic carbocycles. The molecule has 1 N–H and O–H groups in total. The lowest BCUT2D eigenvalue weighted by Gasteiger charge is -2.25.